The van der Waals surface area contributed by atoms with E-state index in [0.717, 1.165) is 17.1 Å². The summed E-state index contributed by atoms with van der Waals surface area (Å²) in [5.74, 6) is 1.56. The molecule has 0 saturated carbocycles. The predicted molar refractivity (Wildman–Crippen MR) is 540 cm³/mol. The first-order chi connectivity index (χ1) is 73.9. The highest BCUT2D eigenvalue weighted by atomic mass is 16.7. The van der Waals surface area contributed by atoms with Gasteiger partial charge >= 0.3 is 0 Å². The molecule has 0 fully saturated rings. The highest BCUT2D eigenvalue weighted by Gasteiger charge is 2.08. The van der Waals surface area contributed by atoms with Crippen molar-refractivity contribution in [2.75, 3.05) is 589 Å². The molecule has 0 aliphatic heterocycles. The summed E-state index contributed by atoms with van der Waals surface area (Å²) in [5.41, 5.74) is 1.12. The molecule has 2 aromatic rings. The van der Waals surface area contributed by atoms with Gasteiger partial charge in [0, 0.05) is 7.11 Å². The lowest BCUT2D eigenvalue weighted by atomic mass is 10.2. The minimum absolute atomic E-state index is 0.449. The molecule has 874 valence electrons. The van der Waals surface area contributed by atoms with Crippen LogP contribution in [0.1, 0.15) is 5.56 Å². The van der Waals surface area contributed by atoms with Gasteiger partial charge in [0.25, 0.3) is 0 Å². The fourth-order valence-electron chi connectivity index (χ4n) is 11.1. The topological polar surface area (TPSA) is 425 Å². The summed E-state index contributed by atoms with van der Waals surface area (Å²) in [6.45, 7) is 42.9. The van der Waals surface area contributed by atoms with E-state index in [2.05, 4.69) is 0 Å². The maximum atomic E-state index is 5.82. The van der Waals surface area contributed by atoms with Crippen molar-refractivity contribution in [3.8, 4) is 11.5 Å². The van der Waals surface area contributed by atoms with Crippen LogP contribution < -0.4 is 9.47 Å². The van der Waals surface area contributed by atoms with Gasteiger partial charge in [-0.3, -0.25) is 0 Å². The van der Waals surface area contributed by atoms with Crippen molar-refractivity contribution in [2.24, 2.45) is 0 Å². The SMILES string of the molecule is COCCOCCOCCOCCOCCOCCOCCOCCOCCOCCOCCOCCOCCOCCOCCOCCOCCOCCOCCOCCOCCOCCOCCOCCOCCOCCOCCOCCOCCOCCOCCOCCOCCOCCOCCOCCOCCOCCOCCOCCOCCOCCOCCOCCOc1ccc(OCc2ccccc2)cc1. The first-order valence-electron chi connectivity index (χ1n) is 52.6. The Morgan fingerprint density at radius 3 is 0.304 bits per heavy atom. The number of ether oxygens (including phenoxy) is 46. The number of hydrogen-bond donors (Lipinski definition) is 0. The average Bonchev–Trinajstić information content (AvgIpc) is 0.900. The average molecular weight is 2150 g/mol. The van der Waals surface area contributed by atoms with E-state index in [1.165, 1.54) is 0 Å². The van der Waals surface area contributed by atoms with Crippen LogP contribution in [0.4, 0.5) is 0 Å². The highest BCUT2D eigenvalue weighted by Crippen LogP contribution is 2.19. The van der Waals surface area contributed by atoms with Gasteiger partial charge in [-0.25, -0.2) is 0 Å². The molecule has 0 amide bonds. The monoisotopic (exact) mass is 2150 g/mol. The van der Waals surface area contributed by atoms with Gasteiger partial charge in [0.1, 0.15) is 24.7 Å². The van der Waals surface area contributed by atoms with Gasteiger partial charge < -0.3 is 218 Å². The van der Waals surface area contributed by atoms with Gasteiger partial charge in [0.05, 0.1) is 575 Å². The van der Waals surface area contributed by atoms with Crippen molar-refractivity contribution in [1.82, 2.24) is 0 Å². The molecule has 0 heterocycles. The summed E-state index contributed by atoms with van der Waals surface area (Å²) < 4.78 is 255. The van der Waals surface area contributed by atoms with E-state index in [1.54, 1.807) is 7.11 Å². The summed E-state index contributed by atoms with van der Waals surface area (Å²) in [6.07, 6.45) is 0. The molecular weight excluding hydrogens is 1960 g/mol. The second-order valence-corrected chi connectivity index (χ2v) is 30.4. The highest BCUT2D eigenvalue weighted by molar-refractivity contribution is 5.31. The molecular formula is C102H190O46. The minimum atomic E-state index is 0.449. The molecule has 0 bridgehead atoms. The van der Waals surface area contributed by atoms with E-state index < -0.39 is 0 Å². The van der Waals surface area contributed by atoms with Gasteiger partial charge in [-0.05, 0) is 29.8 Å². The zero-order valence-corrected chi connectivity index (χ0v) is 89.4. The van der Waals surface area contributed by atoms with Gasteiger partial charge in [-0.15, -0.1) is 0 Å². The Bertz CT molecular complexity index is 2510. The van der Waals surface area contributed by atoms with E-state index in [9.17, 15) is 0 Å². The Morgan fingerprint density at radius 1 is 0.101 bits per heavy atom. The van der Waals surface area contributed by atoms with Crippen molar-refractivity contribution in [1.29, 1.82) is 0 Å². The first-order valence-corrected chi connectivity index (χ1v) is 52.6. The molecule has 46 heteroatoms. The third-order valence-electron chi connectivity index (χ3n) is 18.6. The number of hydrogen-bond acceptors (Lipinski definition) is 46. The van der Waals surface area contributed by atoms with Gasteiger partial charge in [0.2, 0.25) is 0 Å². The van der Waals surface area contributed by atoms with Crippen LogP contribution in [-0.4, -0.2) is 589 Å². The van der Waals surface area contributed by atoms with Crippen LogP contribution >= 0.6 is 0 Å². The fraction of sp³-hybridized carbons (Fsp3) is 0.882. The molecule has 46 nitrogen and oxygen atoms in total. The standard InChI is InChI=1S/C102H190O46/c1-103-11-12-104-13-14-105-15-16-106-17-18-107-19-20-108-21-22-109-23-24-110-25-26-111-27-28-112-29-30-113-31-32-114-33-34-115-35-36-116-37-38-117-39-40-118-41-42-119-43-44-120-45-46-121-47-48-122-49-50-123-51-52-124-53-54-125-55-56-126-57-58-127-59-60-128-61-62-129-63-64-130-65-66-131-67-68-132-69-70-133-71-72-134-73-74-135-75-76-136-77-78-137-79-80-138-81-82-139-83-84-140-85-86-141-87-88-142-89-90-143-91-92-144-93-94-145-95-96-146-97-98-147-101-7-9-102(10-8-101)148-99-100-5-3-2-4-6-100/h2-10H,11-99H2,1H3. The summed E-state index contributed by atoms with van der Waals surface area (Å²) in [7, 11) is 1.64. The molecule has 148 heavy (non-hydrogen) atoms. The molecule has 0 spiro atoms. The lowest BCUT2D eigenvalue weighted by molar-refractivity contribution is -0.0329. The summed E-state index contributed by atoms with van der Waals surface area (Å²) >= 11 is 0. The number of benzene rings is 2. The number of methoxy groups -OCH3 is 1. The largest absolute Gasteiger partial charge is 0.491 e. The maximum absolute atomic E-state index is 5.82. The van der Waals surface area contributed by atoms with E-state index in [4.69, 9.17) is 218 Å². The molecule has 2 aromatic carbocycles. The van der Waals surface area contributed by atoms with Gasteiger partial charge in [-0.1, -0.05) is 30.3 Å². The maximum Gasteiger partial charge on any atom is 0.120 e. The molecule has 0 N–H and O–H groups in total. The smallest absolute Gasteiger partial charge is 0.120 e. The second kappa shape index (κ2) is 130. The van der Waals surface area contributed by atoms with Crippen molar-refractivity contribution in [3.05, 3.63) is 60.2 Å². The van der Waals surface area contributed by atoms with E-state index >= 15 is 0 Å². The van der Waals surface area contributed by atoms with Crippen molar-refractivity contribution in [2.45, 2.75) is 6.61 Å². The fourth-order valence-corrected chi connectivity index (χ4v) is 11.1. The lowest BCUT2D eigenvalue weighted by Crippen LogP contribution is -2.16. The quantitative estimate of drug-likeness (QED) is 0.0844. The molecule has 0 aromatic heterocycles. The van der Waals surface area contributed by atoms with Crippen LogP contribution in [-0.2, 0) is 215 Å². The van der Waals surface area contributed by atoms with Crippen molar-refractivity contribution >= 4 is 0 Å². The van der Waals surface area contributed by atoms with Crippen LogP contribution in [0.15, 0.2) is 54.6 Å². The van der Waals surface area contributed by atoms with E-state index in [-0.39, 0.29) is 0 Å². The van der Waals surface area contributed by atoms with Crippen molar-refractivity contribution < 1.29 is 218 Å². The third-order valence-corrected chi connectivity index (χ3v) is 18.6. The second-order valence-electron chi connectivity index (χ2n) is 30.4. The normalized spacial score (nSPS) is 11.8. The summed E-state index contributed by atoms with van der Waals surface area (Å²) in [6, 6.07) is 17.6. The van der Waals surface area contributed by atoms with Crippen LogP contribution in [0.25, 0.3) is 0 Å². The van der Waals surface area contributed by atoms with E-state index in [1.807, 2.05) is 54.6 Å². The Hall–Kier alpha value is -3.72. The Morgan fingerprint density at radius 2 is 0.196 bits per heavy atom. The molecule has 2 rings (SSSR count). The number of rotatable bonds is 136. The van der Waals surface area contributed by atoms with Crippen LogP contribution in [0, 0.1) is 0 Å². The van der Waals surface area contributed by atoms with Crippen LogP contribution in [0.3, 0.4) is 0 Å². The lowest BCUT2D eigenvalue weighted by Gasteiger charge is -2.10. The van der Waals surface area contributed by atoms with Gasteiger partial charge in [-0.2, -0.15) is 0 Å². The summed E-state index contributed by atoms with van der Waals surface area (Å²) in [4.78, 5) is 0. The minimum Gasteiger partial charge on any atom is -0.491 e. The Labute approximate surface area is 881 Å². The summed E-state index contributed by atoms with van der Waals surface area (Å²) in [5, 5.41) is 0. The first kappa shape index (κ1) is 140. The zero-order valence-electron chi connectivity index (χ0n) is 89.4. The zero-order chi connectivity index (χ0) is 105. The molecule has 0 radical (unpaired) electrons. The Kier molecular flexibility index (Phi) is 123. The van der Waals surface area contributed by atoms with Crippen LogP contribution in [0.2, 0.25) is 0 Å². The third kappa shape index (κ3) is 121. The molecule has 0 aliphatic rings. The molecule has 0 atom stereocenters. The predicted octanol–water partition coefficient (Wildman–Crippen LogP) is 4.00. The van der Waals surface area contributed by atoms with Crippen molar-refractivity contribution in [3.63, 3.8) is 0 Å². The molecule has 0 saturated heterocycles. The van der Waals surface area contributed by atoms with E-state index in [0.29, 0.717) is 588 Å². The molecule has 0 unspecified atom stereocenters. The molecule has 0 aliphatic carbocycles. The van der Waals surface area contributed by atoms with Crippen LogP contribution in [0.5, 0.6) is 11.5 Å². The van der Waals surface area contributed by atoms with Gasteiger partial charge in [0.15, 0.2) is 0 Å². The Balaban J connectivity index is 1.07.